The smallest absolute Gasteiger partial charge is 0 e. The minimum atomic E-state index is 0. The fourth-order valence-electron chi connectivity index (χ4n) is 3.74. The molecule has 0 atom stereocenters. The monoisotopic (exact) mass is 264 g/mol. The van der Waals surface area contributed by atoms with Crippen molar-refractivity contribution in [1.82, 2.24) is 0 Å². The zero-order valence-electron chi connectivity index (χ0n) is 10.7. The van der Waals surface area contributed by atoms with Crippen LogP contribution in [0.15, 0.2) is 0 Å². The summed E-state index contributed by atoms with van der Waals surface area (Å²) in [6, 6.07) is 0. The predicted octanol–water partition coefficient (Wildman–Crippen LogP) is 5.31. The Morgan fingerprint density at radius 2 is 0.625 bits per heavy atom. The van der Waals surface area contributed by atoms with Gasteiger partial charge in [-0.1, -0.05) is 83.5 Å². The maximum atomic E-state index is 1.56. The number of rotatable bonds is 1. The van der Waals surface area contributed by atoms with Gasteiger partial charge in [-0.25, -0.2) is 0 Å². The molecule has 3 aliphatic rings. The maximum absolute atomic E-state index is 1.56. The van der Waals surface area contributed by atoms with E-state index in [1.165, 1.54) is 57.8 Å². The third-order valence-corrected chi connectivity index (χ3v) is 4.72. The molecule has 0 aliphatic heterocycles. The van der Waals surface area contributed by atoms with Gasteiger partial charge >= 0.3 is 0 Å². The first-order valence-electron chi connectivity index (χ1n) is 7.47. The molecule has 0 aromatic carbocycles. The van der Waals surface area contributed by atoms with Gasteiger partial charge in [-0.05, 0) is 11.8 Å². The molecule has 0 aromatic rings. The molecule has 0 amide bonds. The van der Waals surface area contributed by atoms with Crippen LogP contribution in [0, 0.1) is 11.8 Å². The van der Waals surface area contributed by atoms with Gasteiger partial charge in [0.2, 0.25) is 0 Å². The van der Waals surface area contributed by atoms with Gasteiger partial charge in [0.05, 0.1) is 0 Å². The Labute approximate surface area is 112 Å². The van der Waals surface area contributed by atoms with Crippen LogP contribution in [0.1, 0.15) is 83.5 Å². The van der Waals surface area contributed by atoms with Crippen LogP contribution in [0.25, 0.3) is 0 Å². The second kappa shape index (κ2) is 8.59. The summed E-state index contributed by atoms with van der Waals surface area (Å²) in [5.41, 5.74) is 0. The number of hydrogen-bond donors (Lipinski definition) is 0. The van der Waals surface area contributed by atoms with Gasteiger partial charge in [-0.3, -0.25) is 0 Å². The summed E-state index contributed by atoms with van der Waals surface area (Å²) in [5.74, 6) is 2.31. The van der Waals surface area contributed by atoms with Crippen LogP contribution in [-0.4, -0.2) is 0 Å². The van der Waals surface area contributed by atoms with E-state index < -0.39 is 0 Å². The Kier molecular flexibility index (Phi) is 7.82. The molecule has 16 heavy (non-hydrogen) atoms. The molecule has 96 valence electrons. The molecule has 0 aromatic heterocycles. The van der Waals surface area contributed by atoms with Gasteiger partial charge in [0.25, 0.3) is 0 Å². The maximum Gasteiger partial charge on any atom is 0 e. The Morgan fingerprint density at radius 1 is 0.375 bits per heavy atom. The summed E-state index contributed by atoms with van der Waals surface area (Å²) in [6.07, 6.45) is 19.9. The third-order valence-electron chi connectivity index (χ3n) is 4.72. The molecule has 0 unspecified atom stereocenters. The van der Waals surface area contributed by atoms with Crippen molar-refractivity contribution in [2.24, 2.45) is 11.8 Å². The summed E-state index contributed by atoms with van der Waals surface area (Å²) in [4.78, 5) is 0. The van der Waals surface area contributed by atoms with E-state index in [1.54, 1.807) is 25.7 Å². The van der Waals surface area contributed by atoms with E-state index in [0.29, 0.717) is 0 Å². The second-order valence-electron chi connectivity index (χ2n) is 5.86. The van der Waals surface area contributed by atoms with Crippen molar-refractivity contribution >= 4 is 0 Å². The topological polar surface area (TPSA) is 0 Å². The average molecular weight is 264 g/mol. The van der Waals surface area contributed by atoms with Crippen molar-refractivity contribution in [3.63, 3.8) is 0 Å². The van der Waals surface area contributed by atoms with Crippen molar-refractivity contribution in [2.45, 2.75) is 83.5 Å². The molecule has 3 rings (SSSR count). The Hall–Kier alpha value is 0.519. The van der Waals surface area contributed by atoms with E-state index in [1.807, 2.05) is 0 Å². The first-order valence-corrected chi connectivity index (χ1v) is 7.47. The zero-order chi connectivity index (χ0) is 10.3. The summed E-state index contributed by atoms with van der Waals surface area (Å²) in [7, 11) is 0. The molecule has 0 N–H and O–H groups in total. The minimum absolute atomic E-state index is 0. The quantitative estimate of drug-likeness (QED) is 0.562. The summed E-state index contributed by atoms with van der Waals surface area (Å²) < 4.78 is 0. The Bertz CT molecular complexity index is 129. The average Bonchev–Trinajstić information content (AvgIpc) is 3.06. The first-order chi connectivity index (χ1) is 7.47. The van der Waals surface area contributed by atoms with Gasteiger partial charge in [0.1, 0.15) is 0 Å². The molecule has 0 heterocycles. The molecule has 0 bridgehead atoms. The van der Waals surface area contributed by atoms with Crippen molar-refractivity contribution in [1.29, 1.82) is 0 Å². The van der Waals surface area contributed by atoms with Crippen LogP contribution in [0.3, 0.4) is 0 Å². The molecular formula is C15H28Fe. The standard InChI is InChI=1S/C10H18.C5H10.Fe/c1-2-6-9(5-1)10-7-3-4-8-10;1-2-4-5-3-1;/h9-10H,1-8H2;1-5H2;. The zero-order valence-corrected chi connectivity index (χ0v) is 11.8. The van der Waals surface area contributed by atoms with E-state index in [9.17, 15) is 0 Å². The molecule has 3 fully saturated rings. The van der Waals surface area contributed by atoms with Crippen LogP contribution in [0.5, 0.6) is 0 Å². The van der Waals surface area contributed by atoms with Gasteiger partial charge in [0, 0.05) is 17.1 Å². The van der Waals surface area contributed by atoms with E-state index in [4.69, 9.17) is 0 Å². The molecule has 0 saturated heterocycles. The summed E-state index contributed by atoms with van der Waals surface area (Å²) >= 11 is 0. The number of hydrogen-bond acceptors (Lipinski definition) is 0. The Balaban J connectivity index is 0.000000183. The molecule has 3 aliphatic carbocycles. The van der Waals surface area contributed by atoms with Crippen molar-refractivity contribution < 1.29 is 17.1 Å². The third kappa shape index (κ3) is 4.80. The summed E-state index contributed by atoms with van der Waals surface area (Å²) in [5, 5.41) is 0. The molecule has 0 nitrogen and oxygen atoms in total. The van der Waals surface area contributed by atoms with Crippen molar-refractivity contribution in [3.05, 3.63) is 0 Å². The van der Waals surface area contributed by atoms with Crippen LogP contribution in [0.2, 0.25) is 0 Å². The van der Waals surface area contributed by atoms with E-state index in [-0.39, 0.29) is 17.1 Å². The summed E-state index contributed by atoms with van der Waals surface area (Å²) in [6.45, 7) is 0. The van der Waals surface area contributed by atoms with Crippen LogP contribution < -0.4 is 0 Å². The van der Waals surface area contributed by atoms with E-state index in [0.717, 1.165) is 11.8 Å². The van der Waals surface area contributed by atoms with Crippen molar-refractivity contribution in [3.8, 4) is 0 Å². The van der Waals surface area contributed by atoms with E-state index >= 15 is 0 Å². The van der Waals surface area contributed by atoms with Crippen LogP contribution >= 0.6 is 0 Å². The molecule has 0 radical (unpaired) electrons. The van der Waals surface area contributed by atoms with Crippen LogP contribution in [-0.2, 0) is 17.1 Å². The minimum Gasteiger partial charge on any atom is -0.0533 e. The van der Waals surface area contributed by atoms with Gasteiger partial charge in [0.15, 0.2) is 0 Å². The molecule has 0 spiro atoms. The van der Waals surface area contributed by atoms with Gasteiger partial charge < -0.3 is 0 Å². The van der Waals surface area contributed by atoms with Gasteiger partial charge in [-0.2, -0.15) is 0 Å². The normalized spacial score (nSPS) is 26.2. The SMILES string of the molecule is C1CCC(C2CCCC2)C1.C1CCCC1.[Fe]. The largest absolute Gasteiger partial charge is 0.0533 e. The molecule has 3 saturated carbocycles. The van der Waals surface area contributed by atoms with E-state index in [2.05, 4.69) is 0 Å². The first kappa shape index (κ1) is 14.6. The van der Waals surface area contributed by atoms with Crippen molar-refractivity contribution in [2.75, 3.05) is 0 Å². The van der Waals surface area contributed by atoms with Crippen LogP contribution in [0.4, 0.5) is 0 Å². The molecular weight excluding hydrogens is 236 g/mol. The second-order valence-corrected chi connectivity index (χ2v) is 5.86. The fourth-order valence-corrected chi connectivity index (χ4v) is 3.74. The Morgan fingerprint density at radius 3 is 0.875 bits per heavy atom. The fraction of sp³-hybridized carbons (Fsp3) is 1.00. The predicted molar refractivity (Wildman–Crippen MR) is 67.0 cm³/mol. The van der Waals surface area contributed by atoms with Gasteiger partial charge in [-0.15, -0.1) is 0 Å². The molecule has 1 heteroatoms.